The number of ether oxygens (including phenoxy) is 1. The topological polar surface area (TPSA) is 55.5 Å². The van der Waals surface area contributed by atoms with Crippen LogP contribution in [0, 0.1) is 0 Å². The summed E-state index contributed by atoms with van der Waals surface area (Å²) in [5.41, 5.74) is 5.79. The molecule has 0 radical (unpaired) electrons. The molecule has 1 rings (SSSR count). The average Bonchev–Trinajstić information content (AvgIpc) is 2.17. The molecule has 0 saturated heterocycles. The van der Waals surface area contributed by atoms with Gasteiger partial charge in [0.15, 0.2) is 0 Å². The molecule has 1 unspecified atom stereocenters. The Morgan fingerprint density at radius 2 is 2.00 bits per heavy atom. The first-order chi connectivity index (χ1) is 6.72. The third kappa shape index (κ3) is 3.66. The largest absolute Gasteiger partial charge is 0.508 e. The molecule has 3 nitrogen and oxygen atoms in total. The van der Waals surface area contributed by atoms with E-state index in [-0.39, 0.29) is 11.8 Å². The fraction of sp³-hybridized carbons (Fsp3) is 0.455. The lowest BCUT2D eigenvalue weighted by molar-refractivity contribution is 0.281. The molecule has 1 aromatic rings. The maximum absolute atomic E-state index is 9.04. The predicted octanol–water partition coefficient (Wildman–Crippen LogP) is 1.90. The highest BCUT2D eigenvalue weighted by Gasteiger charge is 2.01. The van der Waals surface area contributed by atoms with Gasteiger partial charge in [-0.1, -0.05) is 13.3 Å². The van der Waals surface area contributed by atoms with E-state index >= 15 is 0 Å². The maximum atomic E-state index is 9.04. The lowest BCUT2D eigenvalue weighted by Crippen LogP contribution is -2.27. The second-order valence-electron chi connectivity index (χ2n) is 3.35. The Balaban J connectivity index is 2.34. The summed E-state index contributed by atoms with van der Waals surface area (Å²) in [7, 11) is 0. The smallest absolute Gasteiger partial charge is 0.119 e. The van der Waals surface area contributed by atoms with Gasteiger partial charge < -0.3 is 15.6 Å². The van der Waals surface area contributed by atoms with E-state index in [9.17, 15) is 0 Å². The van der Waals surface area contributed by atoms with Gasteiger partial charge in [0.05, 0.1) is 0 Å². The number of hydrogen-bond acceptors (Lipinski definition) is 3. The first kappa shape index (κ1) is 10.9. The molecular formula is C11H17NO2. The van der Waals surface area contributed by atoms with Gasteiger partial charge in [-0.3, -0.25) is 0 Å². The summed E-state index contributed by atoms with van der Waals surface area (Å²) in [6.45, 7) is 2.62. The van der Waals surface area contributed by atoms with E-state index in [0.717, 1.165) is 18.6 Å². The Hall–Kier alpha value is -1.22. The van der Waals surface area contributed by atoms with Gasteiger partial charge in [-0.25, -0.2) is 0 Å². The van der Waals surface area contributed by atoms with Crippen LogP contribution in [-0.4, -0.2) is 17.8 Å². The third-order valence-corrected chi connectivity index (χ3v) is 1.96. The summed E-state index contributed by atoms with van der Waals surface area (Å²) in [6.07, 6.45) is 2.04. The molecule has 1 aromatic carbocycles. The minimum Gasteiger partial charge on any atom is -0.508 e. The summed E-state index contributed by atoms with van der Waals surface area (Å²) in [6, 6.07) is 6.75. The number of aromatic hydroxyl groups is 1. The molecule has 0 bridgehead atoms. The third-order valence-electron chi connectivity index (χ3n) is 1.96. The minimum absolute atomic E-state index is 0.0915. The number of benzene rings is 1. The highest BCUT2D eigenvalue weighted by atomic mass is 16.5. The molecule has 0 spiro atoms. The van der Waals surface area contributed by atoms with Crippen LogP contribution in [0.4, 0.5) is 0 Å². The Morgan fingerprint density at radius 3 is 2.57 bits per heavy atom. The normalized spacial score (nSPS) is 12.4. The molecule has 0 aromatic heterocycles. The zero-order valence-electron chi connectivity index (χ0n) is 8.44. The molecule has 14 heavy (non-hydrogen) atoms. The first-order valence-electron chi connectivity index (χ1n) is 4.89. The molecule has 0 aliphatic carbocycles. The molecule has 0 aliphatic heterocycles. The van der Waals surface area contributed by atoms with Crippen molar-refractivity contribution < 1.29 is 9.84 Å². The van der Waals surface area contributed by atoms with E-state index in [1.54, 1.807) is 24.3 Å². The number of phenols is 1. The van der Waals surface area contributed by atoms with Crippen LogP contribution >= 0.6 is 0 Å². The number of phenolic OH excluding ortho intramolecular Hbond substituents is 1. The van der Waals surface area contributed by atoms with Crippen LogP contribution in [0.25, 0.3) is 0 Å². The van der Waals surface area contributed by atoms with Crippen LogP contribution in [0.2, 0.25) is 0 Å². The molecule has 3 heteroatoms. The molecule has 0 fully saturated rings. The van der Waals surface area contributed by atoms with E-state index in [1.807, 2.05) is 0 Å². The molecular weight excluding hydrogens is 178 g/mol. The van der Waals surface area contributed by atoms with Gasteiger partial charge in [0, 0.05) is 6.04 Å². The van der Waals surface area contributed by atoms with Crippen molar-refractivity contribution in [3.05, 3.63) is 24.3 Å². The van der Waals surface area contributed by atoms with Crippen molar-refractivity contribution in [1.82, 2.24) is 0 Å². The molecule has 1 atom stereocenters. The molecule has 0 heterocycles. The van der Waals surface area contributed by atoms with Gasteiger partial charge in [0.1, 0.15) is 18.1 Å². The lowest BCUT2D eigenvalue weighted by atomic mass is 10.2. The predicted molar refractivity (Wildman–Crippen MR) is 56.5 cm³/mol. The van der Waals surface area contributed by atoms with E-state index in [1.165, 1.54) is 0 Å². The summed E-state index contributed by atoms with van der Waals surface area (Å²) >= 11 is 0. The Labute approximate surface area is 84.5 Å². The van der Waals surface area contributed by atoms with Crippen LogP contribution in [0.1, 0.15) is 19.8 Å². The van der Waals surface area contributed by atoms with E-state index in [0.29, 0.717) is 6.61 Å². The summed E-state index contributed by atoms with van der Waals surface area (Å²) in [4.78, 5) is 0. The highest BCUT2D eigenvalue weighted by Crippen LogP contribution is 2.15. The number of nitrogens with two attached hydrogens (primary N) is 1. The van der Waals surface area contributed by atoms with Crippen LogP contribution in [0.5, 0.6) is 11.5 Å². The van der Waals surface area contributed by atoms with Gasteiger partial charge in [0.2, 0.25) is 0 Å². The fourth-order valence-electron chi connectivity index (χ4n) is 1.20. The summed E-state index contributed by atoms with van der Waals surface area (Å²) in [5.74, 6) is 0.990. The van der Waals surface area contributed by atoms with E-state index in [2.05, 4.69) is 6.92 Å². The number of rotatable bonds is 5. The molecule has 3 N–H and O–H groups in total. The lowest BCUT2D eigenvalue weighted by Gasteiger charge is -2.11. The molecule has 0 aliphatic rings. The molecule has 0 amide bonds. The monoisotopic (exact) mass is 195 g/mol. The Kier molecular flexibility index (Phi) is 4.26. The van der Waals surface area contributed by atoms with Crippen molar-refractivity contribution in [3.8, 4) is 11.5 Å². The van der Waals surface area contributed by atoms with Crippen molar-refractivity contribution in [3.63, 3.8) is 0 Å². The summed E-state index contributed by atoms with van der Waals surface area (Å²) in [5, 5.41) is 9.04. The summed E-state index contributed by atoms with van der Waals surface area (Å²) < 4.78 is 5.44. The van der Waals surface area contributed by atoms with Crippen molar-refractivity contribution in [2.24, 2.45) is 5.73 Å². The first-order valence-corrected chi connectivity index (χ1v) is 4.89. The Bertz CT molecular complexity index is 258. The maximum Gasteiger partial charge on any atom is 0.119 e. The quantitative estimate of drug-likeness (QED) is 0.754. The zero-order chi connectivity index (χ0) is 10.4. The molecule has 78 valence electrons. The van der Waals surface area contributed by atoms with Gasteiger partial charge in [-0.2, -0.15) is 0 Å². The van der Waals surface area contributed by atoms with Crippen molar-refractivity contribution in [2.75, 3.05) is 6.61 Å². The van der Waals surface area contributed by atoms with Crippen molar-refractivity contribution >= 4 is 0 Å². The van der Waals surface area contributed by atoms with Crippen molar-refractivity contribution in [1.29, 1.82) is 0 Å². The average molecular weight is 195 g/mol. The molecule has 0 saturated carbocycles. The van der Waals surface area contributed by atoms with Crippen LogP contribution in [-0.2, 0) is 0 Å². The van der Waals surface area contributed by atoms with Crippen LogP contribution < -0.4 is 10.5 Å². The van der Waals surface area contributed by atoms with E-state index < -0.39 is 0 Å². The highest BCUT2D eigenvalue weighted by molar-refractivity contribution is 5.30. The van der Waals surface area contributed by atoms with Gasteiger partial charge in [0.25, 0.3) is 0 Å². The van der Waals surface area contributed by atoms with E-state index in [4.69, 9.17) is 15.6 Å². The SMILES string of the molecule is CCCC(N)COc1ccc(O)cc1. The van der Waals surface area contributed by atoms with Crippen LogP contribution in [0.15, 0.2) is 24.3 Å². The second kappa shape index (κ2) is 5.50. The standard InChI is InChI=1S/C11H17NO2/c1-2-3-9(12)8-14-11-6-4-10(13)5-7-11/h4-7,9,13H,2-3,8,12H2,1H3. The minimum atomic E-state index is 0.0915. The number of hydrogen-bond donors (Lipinski definition) is 2. The zero-order valence-corrected chi connectivity index (χ0v) is 8.44. The Morgan fingerprint density at radius 1 is 1.36 bits per heavy atom. The second-order valence-corrected chi connectivity index (χ2v) is 3.35. The van der Waals surface area contributed by atoms with Gasteiger partial charge in [-0.05, 0) is 30.7 Å². The van der Waals surface area contributed by atoms with Gasteiger partial charge in [-0.15, -0.1) is 0 Å². The fourth-order valence-corrected chi connectivity index (χ4v) is 1.20. The van der Waals surface area contributed by atoms with Crippen molar-refractivity contribution in [2.45, 2.75) is 25.8 Å². The van der Waals surface area contributed by atoms with Gasteiger partial charge >= 0.3 is 0 Å². The van der Waals surface area contributed by atoms with Crippen LogP contribution in [0.3, 0.4) is 0 Å².